The quantitative estimate of drug-likeness (QED) is 0.821. The van der Waals surface area contributed by atoms with E-state index in [4.69, 9.17) is 10.5 Å². The number of hydrogen-bond donors (Lipinski definition) is 1. The van der Waals surface area contributed by atoms with Crippen LogP contribution >= 0.6 is 0 Å². The van der Waals surface area contributed by atoms with Crippen molar-refractivity contribution in [1.29, 1.82) is 0 Å². The third-order valence-corrected chi connectivity index (χ3v) is 2.67. The molecule has 0 aliphatic carbocycles. The fourth-order valence-corrected chi connectivity index (χ4v) is 1.74. The maximum absolute atomic E-state index is 13.1. The number of ether oxygens (including phenoxy) is 1. The van der Waals surface area contributed by atoms with Crippen LogP contribution in [0.4, 0.5) is 10.1 Å². The van der Waals surface area contributed by atoms with Crippen LogP contribution in [0.25, 0.3) is 0 Å². The maximum Gasteiger partial charge on any atom is 0.153 e. The summed E-state index contributed by atoms with van der Waals surface area (Å²) in [6, 6.07) is 11.9. The first-order valence-electron chi connectivity index (χ1n) is 6.01. The van der Waals surface area contributed by atoms with Crippen LogP contribution < -0.4 is 10.5 Å². The molecule has 0 heterocycles. The van der Waals surface area contributed by atoms with Gasteiger partial charge in [-0.05, 0) is 36.2 Å². The summed E-state index contributed by atoms with van der Waals surface area (Å²) in [5.74, 6) is 0.646. The minimum absolute atomic E-state index is 0.346. The summed E-state index contributed by atoms with van der Waals surface area (Å²) in [5.41, 5.74) is 7.41. The lowest BCUT2D eigenvalue weighted by Gasteiger charge is -2.09. The van der Waals surface area contributed by atoms with Crippen LogP contribution in [-0.4, -0.2) is 0 Å². The molecule has 18 heavy (non-hydrogen) atoms. The molecule has 0 saturated heterocycles. The van der Waals surface area contributed by atoms with Gasteiger partial charge in [-0.15, -0.1) is 0 Å². The van der Waals surface area contributed by atoms with Gasteiger partial charge < -0.3 is 10.5 Å². The van der Waals surface area contributed by atoms with Gasteiger partial charge in [-0.1, -0.05) is 25.5 Å². The van der Waals surface area contributed by atoms with Crippen LogP contribution in [-0.2, 0) is 6.42 Å². The molecule has 0 aliphatic rings. The zero-order chi connectivity index (χ0) is 13.0. The summed E-state index contributed by atoms with van der Waals surface area (Å²) < 4.78 is 18.6. The molecule has 0 fully saturated rings. The molecule has 3 heteroatoms. The van der Waals surface area contributed by atoms with E-state index in [0.717, 1.165) is 12.8 Å². The van der Waals surface area contributed by atoms with Gasteiger partial charge in [-0.3, -0.25) is 0 Å². The molecule has 2 nitrogen and oxygen atoms in total. The van der Waals surface area contributed by atoms with Crippen molar-refractivity contribution in [2.24, 2.45) is 0 Å². The van der Waals surface area contributed by atoms with Crippen LogP contribution in [0.15, 0.2) is 42.5 Å². The van der Waals surface area contributed by atoms with E-state index in [2.05, 4.69) is 6.92 Å². The van der Waals surface area contributed by atoms with Crippen molar-refractivity contribution in [1.82, 2.24) is 0 Å². The Labute approximate surface area is 106 Å². The van der Waals surface area contributed by atoms with Gasteiger partial charge in [-0.25, -0.2) is 4.39 Å². The molecule has 0 atom stereocenters. The Morgan fingerprint density at radius 3 is 2.50 bits per heavy atom. The van der Waals surface area contributed by atoms with Crippen molar-refractivity contribution in [3.8, 4) is 11.5 Å². The van der Waals surface area contributed by atoms with Gasteiger partial charge in [0.2, 0.25) is 0 Å². The fourth-order valence-electron chi connectivity index (χ4n) is 1.74. The van der Waals surface area contributed by atoms with Crippen molar-refractivity contribution in [2.45, 2.75) is 19.8 Å². The van der Waals surface area contributed by atoms with Gasteiger partial charge in [0.25, 0.3) is 0 Å². The van der Waals surface area contributed by atoms with E-state index < -0.39 is 0 Å². The topological polar surface area (TPSA) is 35.2 Å². The summed E-state index contributed by atoms with van der Waals surface area (Å²) in [6.45, 7) is 2.14. The van der Waals surface area contributed by atoms with Gasteiger partial charge in [0.15, 0.2) is 5.75 Å². The molecular formula is C15H16FNO. The van der Waals surface area contributed by atoms with Gasteiger partial charge in [0.1, 0.15) is 11.6 Å². The minimum atomic E-state index is -0.359. The second kappa shape index (κ2) is 5.54. The third kappa shape index (κ3) is 3.00. The maximum atomic E-state index is 13.1. The van der Waals surface area contributed by atoms with Gasteiger partial charge in [0.05, 0.1) is 5.69 Å². The predicted octanol–water partition coefficient (Wildman–Crippen LogP) is 4.15. The van der Waals surface area contributed by atoms with Crippen molar-refractivity contribution in [2.75, 3.05) is 5.73 Å². The Hall–Kier alpha value is -2.03. The smallest absolute Gasteiger partial charge is 0.153 e. The summed E-state index contributed by atoms with van der Waals surface area (Å²) in [7, 11) is 0. The highest BCUT2D eigenvalue weighted by Gasteiger charge is 2.04. The first-order valence-corrected chi connectivity index (χ1v) is 6.01. The summed E-state index contributed by atoms with van der Waals surface area (Å²) in [4.78, 5) is 0. The minimum Gasteiger partial charge on any atom is -0.455 e. The number of hydrogen-bond acceptors (Lipinski definition) is 2. The monoisotopic (exact) mass is 245 g/mol. The third-order valence-electron chi connectivity index (χ3n) is 2.67. The number of aryl methyl sites for hydroxylation is 1. The Morgan fingerprint density at radius 1 is 1.11 bits per heavy atom. The van der Waals surface area contributed by atoms with E-state index in [1.54, 1.807) is 0 Å². The molecule has 0 aromatic heterocycles. The van der Waals surface area contributed by atoms with Crippen LogP contribution in [0.3, 0.4) is 0 Å². The highest BCUT2D eigenvalue weighted by Crippen LogP contribution is 2.28. The molecule has 0 amide bonds. The Bertz CT molecular complexity index is 523. The fraction of sp³-hybridized carbons (Fsp3) is 0.200. The van der Waals surface area contributed by atoms with Crippen molar-refractivity contribution < 1.29 is 9.13 Å². The molecule has 0 bridgehead atoms. The predicted molar refractivity (Wildman–Crippen MR) is 71.3 cm³/mol. The van der Waals surface area contributed by atoms with Crippen LogP contribution in [0.5, 0.6) is 11.5 Å². The number of anilines is 1. The lowest BCUT2D eigenvalue weighted by molar-refractivity contribution is 0.479. The SMILES string of the molecule is CCCc1ccc(Oc2cc(F)ccc2N)cc1. The summed E-state index contributed by atoms with van der Waals surface area (Å²) >= 11 is 0. The molecule has 94 valence electrons. The van der Waals surface area contributed by atoms with Crippen molar-refractivity contribution in [3.05, 3.63) is 53.8 Å². The molecule has 0 aliphatic heterocycles. The average Bonchev–Trinajstić information content (AvgIpc) is 2.37. The van der Waals surface area contributed by atoms with E-state index >= 15 is 0 Å². The molecule has 2 aromatic rings. The highest BCUT2D eigenvalue weighted by molar-refractivity contribution is 5.53. The molecular weight excluding hydrogens is 229 g/mol. The van der Waals surface area contributed by atoms with Crippen molar-refractivity contribution >= 4 is 5.69 Å². The highest BCUT2D eigenvalue weighted by atomic mass is 19.1. The van der Waals surface area contributed by atoms with Crippen molar-refractivity contribution in [3.63, 3.8) is 0 Å². The molecule has 0 spiro atoms. The first-order chi connectivity index (χ1) is 8.69. The van der Waals surface area contributed by atoms with E-state index in [1.807, 2.05) is 24.3 Å². The number of halogens is 1. The summed E-state index contributed by atoms with van der Waals surface area (Å²) in [6.07, 6.45) is 2.15. The van der Waals surface area contributed by atoms with Gasteiger partial charge in [0, 0.05) is 6.07 Å². The number of nitrogens with two attached hydrogens (primary N) is 1. The Morgan fingerprint density at radius 2 is 1.83 bits per heavy atom. The largest absolute Gasteiger partial charge is 0.455 e. The van der Waals surface area contributed by atoms with Crippen LogP contribution in [0.1, 0.15) is 18.9 Å². The molecule has 2 aromatic carbocycles. The number of rotatable bonds is 4. The second-order valence-electron chi connectivity index (χ2n) is 4.18. The standard InChI is InChI=1S/C15H16FNO/c1-2-3-11-4-7-13(8-5-11)18-15-10-12(16)6-9-14(15)17/h4-10H,2-3,17H2,1H3. The van der Waals surface area contributed by atoms with Crippen LogP contribution in [0.2, 0.25) is 0 Å². The van der Waals surface area contributed by atoms with E-state index in [0.29, 0.717) is 17.2 Å². The van der Waals surface area contributed by atoms with E-state index in [9.17, 15) is 4.39 Å². The lowest BCUT2D eigenvalue weighted by atomic mass is 10.1. The van der Waals surface area contributed by atoms with Gasteiger partial charge >= 0.3 is 0 Å². The van der Waals surface area contributed by atoms with E-state index in [-0.39, 0.29) is 5.82 Å². The second-order valence-corrected chi connectivity index (χ2v) is 4.18. The molecule has 2 N–H and O–H groups in total. The number of benzene rings is 2. The average molecular weight is 245 g/mol. The van der Waals surface area contributed by atoms with Gasteiger partial charge in [-0.2, -0.15) is 0 Å². The molecule has 0 radical (unpaired) electrons. The lowest BCUT2D eigenvalue weighted by Crippen LogP contribution is -1.93. The molecule has 0 unspecified atom stereocenters. The normalized spacial score (nSPS) is 10.3. The van der Waals surface area contributed by atoms with E-state index in [1.165, 1.54) is 23.8 Å². The Balaban J connectivity index is 2.15. The van der Waals surface area contributed by atoms with Crippen LogP contribution in [0, 0.1) is 5.82 Å². The summed E-state index contributed by atoms with van der Waals surface area (Å²) in [5, 5.41) is 0. The Kier molecular flexibility index (Phi) is 3.82. The first kappa shape index (κ1) is 12.4. The zero-order valence-corrected chi connectivity index (χ0v) is 10.3. The molecule has 2 rings (SSSR count). The zero-order valence-electron chi connectivity index (χ0n) is 10.3. The molecule has 0 saturated carbocycles. The number of nitrogen functional groups attached to an aromatic ring is 1.